The van der Waals surface area contributed by atoms with Gasteiger partial charge in [0.2, 0.25) is 5.91 Å². The summed E-state index contributed by atoms with van der Waals surface area (Å²) in [6.45, 7) is 1.94. The summed E-state index contributed by atoms with van der Waals surface area (Å²) in [5, 5.41) is 7.60. The summed E-state index contributed by atoms with van der Waals surface area (Å²) >= 11 is 1.59. The number of thioether (sulfide) groups is 1. The monoisotopic (exact) mass is 353 g/mol. The van der Waals surface area contributed by atoms with E-state index in [1.165, 1.54) is 12.1 Å². The summed E-state index contributed by atoms with van der Waals surface area (Å²) in [5.41, 5.74) is 3.69. The minimum absolute atomic E-state index is 0.0179. The van der Waals surface area contributed by atoms with E-state index in [1.54, 1.807) is 28.6 Å². The van der Waals surface area contributed by atoms with Crippen molar-refractivity contribution in [3.63, 3.8) is 0 Å². The molecule has 1 N–H and O–H groups in total. The minimum atomic E-state index is -0.305. The number of benzene rings is 2. The fraction of sp³-hybridized carbons (Fsp3) is 0.158. The van der Waals surface area contributed by atoms with Crippen LogP contribution in [0, 0.1) is 12.7 Å². The number of nitrogens with one attached hydrogen (secondary N) is 1. The van der Waals surface area contributed by atoms with Gasteiger partial charge >= 0.3 is 0 Å². The third kappa shape index (κ3) is 2.93. The summed E-state index contributed by atoms with van der Waals surface area (Å²) < 4.78 is 14.9. The average molecular weight is 353 g/mol. The summed E-state index contributed by atoms with van der Waals surface area (Å²) in [6.07, 6.45) is 0. The molecule has 1 atom stereocenters. The first-order chi connectivity index (χ1) is 12.1. The second kappa shape index (κ2) is 6.37. The Labute approximate surface area is 149 Å². The number of rotatable bonds is 2. The first kappa shape index (κ1) is 15.9. The molecule has 0 bridgehead atoms. The van der Waals surface area contributed by atoms with Crippen molar-refractivity contribution in [2.24, 2.45) is 0 Å². The molecule has 0 aliphatic carbocycles. The highest BCUT2D eigenvalue weighted by Gasteiger charge is 2.30. The number of amides is 1. The molecule has 1 unspecified atom stereocenters. The van der Waals surface area contributed by atoms with E-state index in [4.69, 9.17) is 0 Å². The molecule has 4 nitrogen and oxygen atoms in total. The molecule has 1 aliphatic heterocycles. The van der Waals surface area contributed by atoms with Gasteiger partial charge in [-0.3, -0.25) is 4.79 Å². The predicted molar refractivity (Wildman–Crippen MR) is 97.6 cm³/mol. The van der Waals surface area contributed by atoms with E-state index in [2.05, 4.69) is 22.5 Å². The second-order valence-corrected chi connectivity index (χ2v) is 6.98. The topological polar surface area (TPSA) is 46.9 Å². The third-order valence-corrected chi connectivity index (χ3v) is 5.45. The molecular formula is C19H16FN3OS. The SMILES string of the molecule is Cc1nn(-c2ccc(F)cc2)c2c1C(c1ccccc1)SCC(=O)N2. The Morgan fingerprint density at radius 2 is 1.88 bits per heavy atom. The van der Waals surface area contributed by atoms with Gasteiger partial charge in [-0.25, -0.2) is 9.07 Å². The Morgan fingerprint density at radius 1 is 1.16 bits per heavy atom. The van der Waals surface area contributed by atoms with Crippen molar-refractivity contribution in [1.82, 2.24) is 9.78 Å². The Balaban J connectivity index is 1.89. The van der Waals surface area contributed by atoms with Gasteiger partial charge in [-0.1, -0.05) is 30.3 Å². The number of carbonyl (C=O) groups is 1. The van der Waals surface area contributed by atoms with Crippen molar-refractivity contribution in [3.8, 4) is 5.69 Å². The van der Waals surface area contributed by atoms with E-state index >= 15 is 0 Å². The number of fused-ring (bicyclic) bond motifs is 1. The quantitative estimate of drug-likeness (QED) is 0.755. The summed E-state index contributed by atoms with van der Waals surface area (Å²) in [4.78, 5) is 12.2. The third-order valence-electron chi connectivity index (χ3n) is 4.18. The lowest BCUT2D eigenvalue weighted by Gasteiger charge is -2.15. The summed E-state index contributed by atoms with van der Waals surface area (Å²) in [7, 11) is 0. The van der Waals surface area contributed by atoms with E-state index < -0.39 is 0 Å². The number of anilines is 1. The molecular weight excluding hydrogens is 337 g/mol. The fourth-order valence-corrected chi connectivity index (χ4v) is 4.23. The smallest absolute Gasteiger partial charge is 0.235 e. The van der Waals surface area contributed by atoms with Crippen molar-refractivity contribution in [1.29, 1.82) is 0 Å². The van der Waals surface area contributed by atoms with E-state index in [9.17, 15) is 9.18 Å². The van der Waals surface area contributed by atoms with Crippen LogP contribution in [0.3, 0.4) is 0 Å². The Bertz CT molecular complexity index is 922. The van der Waals surface area contributed by atoms with Crippen LogP contribution in [0.2, 0.25) is 0 Å². The number of hydrogen-bond acceptors (Lipinski definition) is 3. The van der Waals surface area contributed by atoms with Gasteiger partial charge in [-0.2, -0.15) is 5.10 Å². The molecule has 0 spiro atoms. The molecule has 1 aromatic heterocycles. The Kier molecular flexibility index (Phi) is 4.05. The van der Waals surface area contributed by atoms with Crippen LogP contribution in [0.1, 0.15) is 22.1 Å². The van der Waals surface area contributed by atoms with E-state index in [-0.39, 0.29) is 17.0 Å². The van der Waals surface area contributed by atoms with E-state index in [1.807, 2.05) is 25.1 Å². The molecule has 0 radical (unpaired) electrons. The number of carbonyl (C=O) groups excluding carboxylic acids is 1. The number of hydrogen-bond donors (Lipinski definition) is 1. The van der Waals surface area contributed by atoms with Gasteiger partial charge in [-0.15, -0.1) is 11.8 Å². The van der Waals surface area contributed by atoms with Gasteiger partial charge < -0.3 is 5.32 Å². The fourth-order valence-electron chi connectivity index (χ4n) is 3.04. The van der Waals surface area contributed by atoms with Crippen molar-refractivity contribution in [2.75, 3.05) is 11.1 Å². The maximum absolute atomic E-state index is 13.3. The van der Waals surface area contributed by atoms with Crippen molar-refractivity contribution in [2.45, 2.75) is 12.2 Å². The Morgan fingerprint density at radius 3 is 2.60 bits per heavy atom. The highest BCUT2D eigenvalue weighted by Crippen LogP contribution is 2.43. The summed E-state index contributed by atoms with van der Waals surface area (Å²) in [5.74, 6) is 0.665. The first-order valence-corrected chi connectivity index (χ1v) is 9.00. The van der Waals surface area contributed by atoms with Crippen LogP contribution in [0.5, 0.6) is 0 Å². The molecule has 4 rings (SSSR count). The zero-order chi connectivity index (χ0) is 17.4. The lowest BCUT2D eigenvalue weighted by atomic mass is 10.0. The van der Waals surface area contributed by atoms with Crippen LogP contribution < -0.4 is 5.32 Å². The minimum Gasteiger partial charge on any atom is -0.310 e. The Hall–Kier alpha value is -2.60. The van der Waals surface area contributed by atoms with Crippen LogP contribution in [-0.4, -0.2) is 21.4 Å². The van der Waals surface area contributed by atoms with Gasteiger partial charge in [0.1, 0.15) is 11.6 Å². The molecule has 25 heavy (non-hydrogen) atoms. The van der Waals surface area contributed by atoms with Crippen LogP contribution >= 0.6 is 11.8 Å². The lowest BCUT2D eigenvalue weighted by molar-refractivity contribution is -0.113. The van der Waals surface area contributed by atoms with Crippen LogP contribution in [0.25, 0.3) is 5.69 Å². The van der Waals surface area contributed by atoms with Crippen LogP contribution in [-0.2, 0) is 4.79 Å². The van der Waals surface area contributed by atoms with Crippen LogP contribution in [0.15, 0.2) is 54.6 Å². The number of aryl methyl sites for hydroxylation is 1. The highest BCUT2D eigenvalue weighted by atomic mass is 32.2. The molecule has 126 valence electrons. The molecule has 0 fully saturated rings. The maximum atomic E-state index is 13.3. The van der Waals surface area contributed by atoms with Crippen molar-refractivity contribution >= 4 is 23.5 Å². The van der Waals surface area contributed by atoms with E-state index in [0.717, 1.165) is 16.8 Å². The van der Waals surface area contributed by atoms with Crippen LogP contribution in [0.4, 0.5) is 10.2 Å². The number of halogens is 1. The standard InChI is InChI=1S/C19H16FN3OS/c1-12-17-18(13-5-3-2-4-6-13)25-11-16(24)21-19(17)23(22-12)15-9-7-14(20)8-10-15/h2-10,18H,11H2,1H3,(H,21,24). The molecule has 2 aromatic carbocycles. The highest BCUT2D eigenvalue weighted by molar-refractivity contribution is 8.00. The molecule has 0 saturated heterocycles. The lowest BCUT2D eigenvalue weighted by Crippen LogP contribution is -2.15. The maximum Gasteiger partial charge on any atom is 0.235 e. The molecule has 2 heterocycles. The van der Waals surface area contributed by atoms with Gasteiger partial charge in [0, 0.05) is 5.56 Å². The van der Waals surface area contributed by atoms with Crippen molar-refractivity contribution in [3.05, 3.63) is 77.2 Å². The molecule has 0 saturated carbocycles. The zero-order valence-corrected chi connectivity index (χ0v) is 14.4. The largest absolute Gasteiger partial charge is 0.310 e. The first-order valence-electron chi connectivity index (χ1n) is 7.95. The number of nitrogens with zero attached hydrogens (tertiary/aromatic N) is 2. The van der Waals surface area contributed by atoms with Crippen molar-refractivity contribution < 1.29 is 9.18 Å². The van der Waals surface area contributed by atoms with Gasteiger partial charge in [0.15, 0.2) is 0 Å². The average Bonchev–Trinajstić information content (AvgIpc) is 2.83. The molecule has 6 heteroatoms. The predicted octanol–water partition coefficient (Wildman–Crippen LogP) is 4.09. The number of aromatic nitrogens is 2. The normalized spacial score (nSPS) is 16.9. The molecule has 1 amide bonds. The van der Waals surface area contributed by atoms with Gasteiger partial charge in [0.05, 0.1) is 22.4 Å². The molecule has 1 aliphatic rings. The van der Waals surface area contributed by atoms with Gasteiger partial charge in [0.25, 0.3) is 0 Å². The van der Waals surface area contributed by atoms with E-state index in [0.29, 0.717) is 17.3 Å². The van der Waals surface area contributed by atoms with Gasteiger partial charge in [-0.05, 0) is 36.8 Å². The molecule has 3 aromatic rings. The second-order valence-electron chi connectivity index (χ2n) is 5.89. The zero-order valence-electron chi connectivity index (χ0n) is 13.6. The summed E-state index contributed by atoms with van der Waals surface area (Å²) in [6, 6.07) is 16.2.